The Morgan fingerprint density at radius 2 is 0.350 bits per heavy atom. The van der Waals surface area contributed by atoms with Crippen LogP contribution in [0.4, 0.5) is 0 Å². The molecule has 0 amide bonds. The molecule has 0 N–H and O–H groups in total. The van der Waals surface area contributed by atoms with Gasteiger partial charge in [-0.1, -0.05) is 382 Å². The van der Waals surface area contributed by atoms with Crippen LogP contribution in [0, 0.1) is 0 Å². The lowest BCUT2D eigenvalue weighted by Gasteiger charge is -2.52. The molecule has 0 saturated carbocycles. The normalized spacial score (nSPS) is 15.2. The lowest BCUT2D eigenvalue weighted by Crippen LogP contribution is -2.43. The maximum Gasteiger partial charge on any atom is 0.143 e. The Balaban J connectivity index is 0.0000000945. The largest absolute Gasteiger partial charge is 0.455 e. The molecule has 143 heavy (non-hydrogen) atoms. The molecule has 2 heterocycles. The van der Waals surface area contributed by atoms with E-state index in [1.807, 2.05) is 18.2 Å². The molecular formula is C141H80O2. The summed E-state index contributed by atoms with van der Waals surface area (Å²) in [5.41, 5.74) is 37.7. The topological polar surface area (TPSA) is 26.3 Å². The summed E-state index contributed by atoms with van der Waals surface area (Å²) in [7, 11) is 0. The van der Waals surface area contributed by atoms with Gasteiger partial charge in [0.2, 0.25) is 0 Å². The Labute approximate surface area is 822 Å². The fourth-order valence-corrected chi connectivity index (χ4v) is 27.8. The molecule has 6 aliphatic carbocycles. The van der Waals surface area contributed by atoms with Crippen molar-refractivity contribution in [3.8, 4) is 77.9 Å². The van der Waals surface area contributed by atoms with Crippen LogP contribution in [0.2, 0.25) is 0 Å². The van der Waals surface area contributed by atoms with Crippen molar-refractivity contribution in [3.05, 3.63) is 552 Å². The number of furan rings is 2. The second kappa shape index (κ2) is 28.5. The fourth-order valence-electron chi connectivity index (χ4n) is 27.8. The Kier molecular flexibility index (Phi) is 15.5. The Hall–Kier alpha value is -18.3. The third-order valence-electron chi connectivity index (χ3n) is 33.6. The molecule has 2 unspecified atom stereocenters. The van der Waals surface area contributed by atoms with Crippen LogP contribution in [0.5, 0.6) is 0 Å². The van der Waals surface area contributed by atoms with Crippen molar-refractivity contribution < 1.29 is 8.83 Å². The molecule has 0 bridgehead atoms. The van der Waals surface area contributed by atoms with Gasteiger partial charge in [0.05, 0.1) is 16.2 Å². The Morgan fingerprint density at radius 3 is 0.671 bits per heavy atom. The zero-order valence-electron chi connectivity index (χ0n) is 77.5. The van der Waals surface area contributed by atoms with Gasteiger partial charge in [-0.3, -0.25) is 0 Å². The molecule has 35 rings (SSSR count). The third kappa shape index (κ3) is 10.2. The summed E-state index contributed by atoms with van der Waals surface area (Å²) in [5.74, 6) is 0. The summed E-state index contributed by atoms with van der Waals surface area (Å²) in [5, 5.41) is 36.5. The van der Waals surface area contributed by atoms with Crippen molar-refractivity contribution >= 4 is 173 Å². The molecule has 0 radical (unpaired) electrons. The van der Waals surface area contributed by atoms with E-state index in [0.29, 0.717) is 0 Å². The van der Waals surface area contributed by atoms with E-state index in [4.69, 9.17) is 8.83 Å². The molecule has 0 saturated heterocycles. The molecule has 3 spiro atoms. The molecule has 656 valence electrons. The second-order valence-corrected chi connectivity index (χ2v) is 40.4. The highest BCUT2D eigenvalue weighted by molar-refractivity contribution is 6.23. The maximum atomic E-state index is 6.54. The van der Waals surface area contributed by atoms with E-state index in [-0.39, 0.29) is 16.2 Å². The van der Waals surface area contributed by atoms with Crippen molar-refractivity contribution in [2.45, 2.75) is 16.2 Å². The SMILES string of the molecule is c1ccc(-c2cc3c4c(cccc4c2)C32c3cccc4cc(-c5ccc(-c6cccc7c6oc6ccccc67)cc5)cc2c34)cc1.c1ccc2c(-c3cc4c5c(cccc5c3)C43c4cccc5cc(-c6c7ccccc7cc7ccccc67)cc3c45)c3ccccc3cc2c1.c1ccc2c(-c3cc4c5c(cccc5c3)C43c4cccc5cc(-c6cccc7c6oc6ccccc67)cc3c45)c3ccccc3cc2c1. The quantitative estimate of drug-likeness (QED) is 0.149. The first kappa shape index (κ1) is 77.7. The van der Waals surface area contributed by atoms with E-state index in [0.717, 1.165) is 60.6 Å². The van der Waals surface area contributed by atoms with Gasteiger partial charge in [-0.25, -0.2) is 0 Å². The van der Waals surface area contributed by atoms with Gasteiger partial charge in [-0.15, -0.1) is 0 Å². The van der Waals surface area contributed by atoms with Gasteiger partial charge in [0.1, 0.15) is 22.3 Å². The van der Waals surface area contributed by atoms with Crippen LogP contribution in [0.3, 0.4) is 0 Å². The number of para-hydroxylation sites is 4. The first-order chi connectivity index (χ1) is 70.9. The van der Waals surface area contributed by atoms with Gasteiger partial charge in [0, 0.05) is 32.7 Å². The van der Waals surface area contributed by atoms with E-state index in [9.17, 15) is 0 Å². The van der Waals surface area contributed by atoms with Gasteiger partial charge in [0.15, 0.2) is 0 Å². The minimum absolute atomic E-state index is 0.179. The number of hydrogen-bond acceptors (Lipinski definition) is 2. The molecule has 0 fully saturated rings. The van der Waals surface area contributed by atoms with Crippen molar-refractivity contribution in [1.29, 1.82) is 0 Å². The predicted molar refractivity (Wildman–Crippen MR) is 598 cm³/mol. The van der Waals surface area contributed by atoms with Crippen LogP contribution >= 0.6 is 0 Å². The zero-order valence-corrected chi connectivity index (χ0v) is 77.5. The minimum Gasteiger partial charge on any atom is -0.455 e. The summed E-state index contributed by atoms with van der Waals surface area (Å²) in [6.07, 6.45) is 0. The zero-order chi connectivity index (χ0) is 93.0. The van der Waals surface area contributed by atoms with Gasteiger partial charge in [0.25, 0.3) is 0 Å². The first-order valence-corrected chi connectivity index (χ1v) is 50.0. The van der Waals surface area contributed by atoms with E-state index in [1.165, 1.54) is 257 Å². The van der Waals surface area contributed by atoms with Gasteiger partial charge in [-0.05, 0) is 366 Å². The predicted octanol–water partition coefficient (Wildman–Crippen LogP) is 37.4. The Bertz CT molecular complexity index is 10500. The van der Waals surface area contributed by atoms with Crippen LogP contribution in [0.1, 0.15) is 66.8 Å². The van der Waals surface area contributed by atoms with Gasteiger partial charge >= 0.3 is 0 Å². The molecular weight excluding hydrogens is 1730 g/mol. The lowest BCUT2D eigenvalue weighted by molar-refractivity contribution is 0.669. The van der Waals surface area contributed by atoms with E-state index in [2.05, 4.69) is 467 Å². The second-order valence-electron chi connectivity index (χ2n) is 40.4. The third-order valence-corrected chi connectivity index (χ3v) is 33.6. The standard InChI is InChI=1S/C49H28.C47H26O.C45H26O/c1-5-17-37-29(11-1)23-30-12-2-6-18-38(30)45(37)35-25-33-15-9-21-41-47(33)43(27-35)49(41)42-22-10-16-34-26-36(28-44(49)48(34)42)46-39-19-7-3-13-31(39)24-32-14-4-8-20-40(32)46;1-3-14-33-27(10-1)22-28-11-2-4-15-34(28)43(33)32-24-30-13-8-20-39-45(30)41(26-32)47(39)38-19-7-12-29-23-31(25-40(47)44(29)38)35-17-9-18-37-36-16-5-6-21-42(36)48-46(35)37;1-2-9-27(10-3-1)32-23-30-11-6-16-37-42(30)39(25-32)45(37)38-17-7-12-31-24-33(26-40(45)43(31)38)28-19-21-29(22-20-28)34-14-8-15-36-35-13-4-5-18-41(35)46-44(34)36/h1-28H;1-26H;1-26H. The maximum absolute atomic E-state index is 6.54. The average Bonchev–Trinajstić information content (AvgIpc) is 1.19. The van der Waals surface area contributed by atoms with E-state index < -0.39 is 0 Å². The molecule has 2 aromatic heterocycles. The summed E-state index contributed by atoms with van der Waals surface area (Å²) in [6, 6.07) is 180. The highest BCUT2D eigenvalue weighted by Gasteiger charge is 2.58. The van der Waals surface area contributed by atoms with Crippen molar-refractivity contribution in [2.24, 2.45) is 0 Å². The van der Waals surface area contributed by atoms with Gasteiger partial charge < -0.3 is 8.83 Å². The summed E-state index contributed by atoms with van der Waals surface area (Å²) in [6.45, 7) is 0. The van der Waals surface area contributed by atoms with Crippen molar-refractivity contribution in [1.82, 2.24) is 0 Å². The molecule has 29 aromatic rings. The summed E-state index contributed by atoms with van der Waals surface area (Å²) < 4.78 is 12.9. The number of hydrogen-bond donors (Lipinski definition) is 0. The van der Waals surface area contributed by atoms with Crippen LogP contribution in [0.15, 0.2) is 494 Å². The van der Waals surface area contributed by atoms with Crippen LogP contribution < -0.4 is 0 Å². The molecule has 27 aromatic carbocycles. The molecule has 2 heteroatoms. The summed E-state index contributed by atoms with van der Waals surface area (Å²) >= 11 is 0. The van der Waals surface area contributed by atoms with Crippen molar-refractivity contribution in [2.75, 3.05) is 0 Å². The highest BCUT2D eigenvalue weighted by atomic mass is 16.3. The highest BCUT2D eigenvalue weighted by Crippen LogP contribution is 2.70. The first-order valence-electron chi connectivity index (χ1n) is 50.0. The lowest BCUT2D eigenvalue weighted by atomic mass is 9.48. The average molecular weight is 1810 g/mol. The molecule has 6 aliphatic rings. The monoisotopic (exact) mass is 1800 g/mol. The Morgan fingerprint density at radius 1 is 0.126 bits per heavy atom. The minimum atomic E-state index is -0.252. The van der Waals surface area contributed by atoms with Crippen LogP contribution in [0.25, 0.3) is 251 Å². The smallest absolute Gasteiger partial charge is 0.143 e. The summed E-state index contributed by atoms with van der Waals surface area (Å²) in [4.78, 5) is 0. The van der Waals surface area contributed by atoms with Crippen LogP contribution in [-0.2, 0) is 16.2 Å². The molecule has 2 atom stereocenters. The molecule has 0 aliphatic heterocycles. The number of benzene rings is 27. The number of fused-ring (bicyclic) bond motifs is 24. The fraction of sp³-hybridized carbons (Fsp3) is 0.0213. The van der Waals surface area contributed by atoms with Gasteiger partial charge in [-0.2, -0.15) is 0 Å². The van der Waals surface area contributed by atoms with E-state index in [1.54, 1.807) is 0 Å². The molecule has 2 nitrogen and oxygen atoms in total. The van der Waals surface area contributed by atoms with Crippen LogP contribution in [-0.4, -0.2) is 0 Å². The van der Waals surface area contributed by atoms with Crippen molar-refractivity contribution in [3.63, 3.8) is 0 Å². The van der Waals surface area contributed by atoms with E-state index >= 15 is 0 Å². The number of rotatable bonds is 7.